The lowest BCUT2D eigenvalue weighted by Crippen LogP contribution is -2.38. The molecule has 0 saturated carbocycles. The lowest BCUT2D eigenvalue weighted by Gasteiger charge is -2.20. The first-order valence-corrected chi connectivity index (χ1v) is 8.31. The summed E-state index contributed by atoms with van der Waals surface area (Å²) in [6.45, 7) is 8.83. The Morgan fingerprint density at radius 1 is 1.30 bits per heavy atom. The molecule has 5 nitrogen and oxygen atoms in total. The summed E-state index contributed by atoms with van der Waals surface area (Å²) >= 11 is 1.81. The van der Waals surface area contributed by atoms with Crippen LogP contribution in [0.3, 0.4) is 0 Å². The summed E-state index contributed by atoms with van der Waals surface area (Å²) in [5, 5.41) is 6.51. The smallest absolute Gasteiger partial charge is 0.305 e. The van der Waals surface area contributed by atoms with Gasteiger partial charge < -0.3 is 15.4 Å². The number of guanidine groups is 1. The normalized spacial score (nSPS) is 12.2. The summed E-state index contributed by atoms with van der Waals surface area (Å²) in [4.78, 5) is 15.6. The van der Waals surface area contributed by atoms with Gasteiger partial charge in [-0.25, -0.2) is 0 Å². The molecule has 0 rings (SSSR count). The monoisotopic (exact) mass is 303 g/mol. The zero-order valence-electron chi connectivity index (χ0n) is 13.4. The number of rotatable bonds is 9. The molecule has 0 aliphatic rings. The van der Waals surface area contributed by atoms with Gasteiger partial charge in [-0.1, -0.05) is 0 Å². The van der Waals surface area contributed by atoms with E-state index in [4.69, 9.17) is 0 Å². The molecule has 0 aliphatic carbocycles. The van der Waals surface area contributed by atoms with Gasteiger partial charge in [0.15, 0.2) is 5.96 Å². The van der Waals surface area contributed by atoms with Gasteiger partial charge in [0.2, 0.25) is 0 Å². The molecule has 0 unspecified atom stereocenters. The van der Waals surface area contributed by atoms with Gasteiger partial charge in [-0.15, -0.1) is 0 Å². The predicted molar refractivity (Wildman–Crippen MR) is 87.4 cm³/mol. The Balaban J connectivity index is 4.02. The van der Waals surface area contributed by atoms with Crippen LogP contribution in [0.25, 0.3) is 0 Å². The third kappa shape index (κ3) is 9.95. The Hall–Kier alpha value is -0.910. The molecule has 20 heavy (non-hydrogen) atoms. The van der Waals surface area contributed by atoms with E-state index in [2.05, 4.69) is 40.5 Å². The molecule has 0 fully saturated rings. The number of methoxy groups -OCH3 is 1. The van der Waals surface area contributed by atoms with Crippen LogP contribution >= 0.6 is 11.8 Å². The number of esters is 1. The van der Waals surface area contributed by atoms with Crippen molar-refractivity contribution in [1.29, 1.82) is 0 Å². The maximum atomic E-state index is 11.0. The number of hydrogen-bond acceptors (Lipinski definition) is 4. The fraction of sp³-hybridized carbons (Fsp3) is 0.857. The van der Waals surface area contributed by atoms with Gasteiger partial charge in [0.25, 0.3) is 0 Å². The van der Waals surface area contributed by atoms with Crippen LogP contribution in [0, 0.1) is 0 Å². The zero-order valence-corrected chi connectivity index (χ0v) is 14.2. The molecule has 0 aromatic carbocycles. The highest BCUT2D eigenvalue weighted by Gasteiger charge is 2.15. The van der Waals surface area contributed by atoms with Crippen LogP contribution in [-0.2, 0) is 9.53 Å². The Kier molecular flexibility index (Phi) is 10.3. The van der Waals surface area contributed by atoms with Crippen LogP contribution in [0.5, 0.6) is 0 Å². The Morgan fingerprint density at radius 2 is 2.00 bits per heavy atom. The molecule has 0 atom stereocenters. The predicted octanol–water partition coefficient (Wildman–Crippen LogP) is 2.03. The summed E-state index contributed by atoms with van der Waals surface area (Å²) in [6, 6.07) is 0. The summed E-state index contributed by atoms with van der Waals surface area (Å²) in [5.74, 6) is 0.694. The molecule has 0 bridgehead atoms. The topological polar surface area (TPSA) is 62.7 Å². The Bertz CT molecular complexity index is 307. The van der Waals surface area contributed by atoms with Crippen molar-refractivity contribution >= 4 is 23.7 Å². The van der Waals surface area contributed by atoms with E-state index in [0.717, 1.165) is 38.4 Å². The average Bonchev–Trinajstić information content (AvgIpc) is 2.44. The largest absolute Gasteiger partial charge is 0.469 e. The van der Waals surface area contributed by atoms with E-state index >= 15 is 0 Å². The van der Waals surface area contributed by atoms with Gasteiger partial charge in [-0.3, -0.25) is 9.79 Å². The Morgan fingerprint density at radius 3 is 2.55 bits per heavy atom. The molecule has 6 heteroatoms. The van der Waals surface area contributed by atoms with Crippen molar-refractivity contribution in [2.24, 2.45) is 4.99 Å². The Labute approximate surface area is 127 Å². The minimum atomic E-state index is -0.146. The second-order valence-corrected chi connectivity index (χ2v) is 6.63. The average molecular weight is 303 g/mol. The van der Waals surface area contributed by atoms with Crippen molar-refractivity contribution in [2.75, 3.05) is 33.0 Å². The van der Waals surface area contributed by atoms with Gasteiger partial charge in [0, 0.05) is 24.3 Å². The summed E-state index contributed by atoms with van der Waals surface area (Å²) < 4.78 is 4.75. The molecule has 0 aromatic rings. The first kappa shape index (κ1) is 19.1. The van der Waals surface area contributed by atoms with Crippen LogP contribution in [-0.4, -0.2) is 49.7 Å². The fourth-order valence-corrected chi connectivity index (χ4v) is 1.57. The summed E-state index contributed by atoms with van der Waals surface area (Å²) in [6.07, 6.45) is 4.33. The number of nitrogens with one attached hydrogen (secondary N) is 2. The maximum absolute atomic E-state index is 11.0. The van der Waals surface area contributed by atoms with E-state index in [1.54, 1.807) is 0 Å². The second-order valence-electron chi connectivity index (χ2n) is 5.12. The summed E-state index contributed by atoms with van der Waals surface area (Å²) in [5.41, 5.74) is 0. The highest BCUT2D eigenvalue weighted by atomic mass is 32.2. The van der Waals surface area contributed by atoms with Crippen molar-refractivity contribution in [3.05, 3.63) is 0 Å². The first-order chi connectivity index (χ1) is 9.45. The number of hydrogen-bond donors (Lipinski definition) is 2. The number of thioether (sulfide) groups is 1. The number of unbranched alkanes of at least 4 members (excludes halogenated alkanes) is 1. The zero-order chi connectivity index (χ0) is 15.4. The molecule has 0 spiro atoms. The van der Waals surface area contributed by atoms with Crippen molar-refractivity contribution in [1.82, 2.24) is 10.6 Å². The molecular weight excluding hydrogens is 274 g/mol. The molecule has 2 N–H and O–H groups in total. The molecule has 118 valence electrons. The van der Waals surface area contributed by atoms with Crippen molar-refractivity contribution in [3.63, 3.8) is 0 Å². The molecule has 0 radical (unpaired) electrons. The number of carbonyl (C=O) groups is 1. The third-order valence-corrected chi connectivity index (χ3v) is 4.08. The van der Waals surface area contributed by atoms with Crippen LogP contribution in [0.1, 0.15) is 40.0 Å². The molecular formula is C14H29N3O2S. The van der Waals surface area contributed by atoms with Crippen molar-refractivity contribution < 1.29 is 9.53 Å². The highest BCUT2D eigenvalue weighted by molar-refractivity contribution is 7.99. The number of ether oxygens (including phenoxy) is 1. The van der Waals surface area contributed by atoms with Crippen molar-refractivity contribution in [3.8, 4) is 0 Å². The van der Waals surface area contributed by atoms with E-state index in [-0.39, 0.29) is 10.7 Å². The SMILES string of the molecule is CCNC(=NCC(C)(C)SC)NCCCCC(=O)OC. The minimum Gasteiger partial charge on any atom is -0.469 e. The third-order valence-electron chi connectivity index (χ3n) is 2.84. The van der Waals surface area contributed by atoms with Gasteiger partial charge in [0.1, 0.15) is 0 Å². The van der Waals surface area contributed by atoms with Crippen LogP contribution in [0.2, 0.25) is 0 Å². The van der Waals surface area contributed by atoms with Crippen LogP contribution in [0.15, 0.2) is 4.99 Å². The number of aliphatic imine (C=N–C) groups is 1. The molecule has 0 heterocycles. The van der Waals surface area contributed by atoms with Crippen LogP contribution in [0.4, 0.5) is 0 Å². The van der Waals surface area contributed by atoms with E-state index in [9.17, 15) is 4.79 Å². The van der Waals surface area contributed by atoms with Gasteiger partial charge in [-0.05, 0) is 39.9 Å². The highest BCUT2D eigenvalue weighted by Crippen LogP contribution is 2.20. The van der Waals surface area contributed by atoms with Gasteiger partial charge in [0.05, 0.1) is 13.7 Å². The lowest BCUT2D eigenvalue weighted by atomic mass is 10.2. The van der Waals surface area contributed by atoms with E-state index in [0.29, 0.717) is 6.42 Å². The van der Waals surface area contributed by atoms with Gasteiger partial charge >= 0.3 is 5.97 Å². The fourth-order valence-electron chi connectivity index (χ4n) is 1.38. The second kappa shape index (κ2) is 10.8. The van der Waals surface area contributed by atoms with Crippen molar-refractivity contribution in [2.45, 2.75) is 44.8 Å². The van der Waals surface area contributed by atoms with Crippen LogP contribution < -0.4 is 10.6 Å². The van der Waals surface area contributed by atoms with E-state index < -0.39 is 0 Å². The molecule has 0 aliphatic heterocycles. The quantitative estimate of drug-likeness (QED) is 0.295. The molecule has 0 saturated heterocycles. The summed E-state index contributed by atoms with van der Waals surface area (Å²) in [7, 11) is 1.42. The molecule has 0 amide bonds. The first-order valence-electron chi connectivity index (χ1n) is 7.09. The van der Waals surface area contributed by atoms with E-state index in [1.807, 2.05) is 18.7 Å². The maximum Gasteiger partial charge on any atom is 0.305 e. The standard InChI is InChI=1S/C14H29N3O2S/c1-6-15-13(17-11-14(2,3)20-5)16-10-8-7-9-12(18)19-4/h6-11H2,1-5H3,(H2,15,16,17). The number of nitrogens with zero attached hydrogens (tertiary/aromatic N) is 1. The van der Waals surface area contributed by atoms with Gasteiger partial charge in [-0.2, -0.15) is 11.8 Å². The minimum absolute atomic E-state index is 0.146. The molecule has 0 aromatic heterocycles. The van der Waals surface area contributed by atoms with E-state index in [1.165, 1.54) is 7.11 Å². The number of carbonyl (C=O) groups excluding carboxylic acids is 1. The lowest BCUT2D eigenvalue weighted by molar-refractivity contribution is -0.140.